The first kappa shape index (κ1) is 13.5. The fourth-order valence-corrected chi connectivity index (χ4v) is 1.60. The SMILES string of the molecule is CCC(=Cc1cc(C(=O)OC)c(C)o1)CNC. The molecular weight excluding hydrogens is 218 g/mol. The van der Waals surface area contributed by atoms with Gasteiger partial charge in [-0.25, -0.2) is 4.79 Å². The number of furan rings is 1. The monoisotopic (exact) mass is 237 g/mol. The molecule has 0 fully saturated rings. The van der Waals surface area contributed by atoms with Crippen LogP contribution in [-0.4, -0.2) is 26.7 Å². The zero-order valence-electron chi connectivity index (χ0n) is 10.8. The van der Waals surface area contributed by atoms with Crippen LogP contribution < -0.4 is 5.32 Å². The summed E-state index contributed by atoms with van der Waals surface area (Å²) in [4.78, 5) is 11.4. The van der Waals surface area contributed by atoms with Crippen molar-refractivity contribution >= 4 is 12.0 Å². The third-order valence-electron chi connectivity index (χ3n) is 2.55. The molecule has 0 amide bonds. The fourth-order valence-electron chi connectivity index (χ4n) is 1.60. The summed E-state index contributed by atoms with van der Waals surface area (Å²) in [6.45, 7) is 4.65. The highest BCUT2D eigenvalue weighted by Gasteiger charge is 2.14. The lowest BCUT2D eigenvalue weighted by molar-refractivity contribution is 0.0599. The van der Waals surface area contributed by atoms with Crippen molar-refractivity contribution in [2.75, 3.05) is 20.7 Å². The first-order valence-electron chi connectivity index (χ1n) is 5.65. The molecule has 0 aliphatic carbocycles. The van der Waals surface area contributed by atoms with Crippen LogP contribution in [0.15, 0.2) is 16.1 Å². The Labute approximate surface area is 102 Å². The number of rotatable bonds is 5. The first-order valence-corrected chi connectivity index (χ1v) is 5.65. The second-order valence-electron chi connectivity index (χ2n) is 3.80. The third kappa shape index (κ3) is 3.46. The maximum atomic E-state index is 11.4. The van der Waals surface area contributed by atoms with E-state index in [9.17, 15) is 4.79 Å². The zero-order chi connectivity index (χ0) is 12.8. The van der Waals surface area contributed by atoms with Gasteiger partial charge in [-0.15, -0.1) is 0 Å². The molecule has 0 bridgehead atoms. The molecule has 1 heterocycles. The van der Waals surface area contributed by atoms with Crippen molar-refractivity contribution in [1.29, 1.82) is 0 Å². The van der Waals surface area contributed by atoms with Crippen LogP contribution in [0.2, 0.25) is 0 Å². The lowest BCUT2D eigenvalue weighted by Gasteiger charge is -2.01. The van der Waals surface area contributed by atoms with Crippen molar-refractivity contribution in [1.82, 2.24) is 5.32 Å². The van der Waals surface area contributed by atoms with Crippen LogP contribution in [0.3, 0.4) is 0 Å². The molecule has 0 aromatic carbocycles. The Balaban J connectivity index is 2.96. The molecule has 1 N–H and O–H groups in total. The number of esters is 1. The fraction of sp³-hybridized carbons (Fsp3) is 0.462. The molecule has 0 atom stereocenters. The Bertz CT molecular complexity index is 418. The number of aryl methyl sites for hydroxylation is 1. The summed E-state index contributed by atoms with van der Waals surface area (Å²) in [6, 6.07) is 1.71. The molecule has 17 heavy (non-hydrogen) atoms. The van der Waals surface area contributed by atoms with Crippen LogP contribution >= 0.6 is 0 Å². The van der Waals surface area contributed by atoms with Crippen molar-refractivity contribution in [3.8, 4) is 0 Å². The van der Waals surface area contributed by atoms with Crippen molar-refractivity contribution in [3.05, 3.63) is 28.7 Å². The largest absolute Gasteiger partial charge is 0.465 e. The number of carbonyl (C=O) groups excluding carboxylic acids is 1. The molecule has 1 rings (SSSR count). The van der Waals surface area contributed by atoms with Gasteiger partial charge in [0.05, 0.1) is 7.11 Å². The number of nitrogens with one attached hydrogen (secondary N) is 1. The van der Waals surface area contributed by atoms with Crippen LogP contribution in [0, 0.1) is 6.92 Å². The van der Waals surface area contributed by atoms with Gasteiger partial charge in [0.2, 0.25) is 0 Å². The molecule has 0 aliphatic heterocycles. The Kier molecular flexibility index (Phi) is 4.97. The van der Waals surface area contributed by atoms with E-state index in [0.29, 0.717) is 17.1 Å². The van der Waals surface area contributed by atoms with Gasteiger partial charge in [0.1, 0.15) is 17.1 Å². The molecular formula is C13H19NO3. The second kappa shape index (κ2) is 6.25. The summed E-state index contributed by atoms with van der Waals surface area (Å²) in [5, 5.41) is 3.09. The smallest absolute Gasteiger partial charge is 0.341 e. The predicted molar refractivity (Wildman–Crippen MR) is 67.0 cm³/mol. The molecule has 0 aliphatic rings. The van der Waals surface area contributed by atoms with E-state index in [-0.39, 0.29) is 5.97 Å². The molecule has 4 heteroatoms. The van der Waals surface area contributed by atoms with Crippen LogP contribution in [0.4, 0.5) is 0 Å². The van der Waals surface area contributed by atoms with Crippen molar-refractivity contribution < 1.29 is 13.9 Å². The van der Waals surface area contributed by atoms with Gasteiger partial charge in [-0.05, 0) is 32.5 Å². The van der Waals surface area contributed by atoms with E-state index in [1.165, 1.54) is 12.7 Å². The van der Waals surface area contributed by atoms with Gasteiger partial charge in [0, 0.05) is 6.54 Å². The van der Waals surface area contributed by atoms with Crippen LogP contribution in [-0.2, 0) is 4.74 Å². The summed E-state index contributed by atoms with van der Waals surface area (Å²) in [7, 11) is 3.26. The van der Waals surface area contributed by atoms with E-state index in [4.69, 9.17) is 4.42 Å². The van der Waals surface area contributed by atoms with E-state index in [0.717, 1.165) is 13.0 Å². The molecule has 0 saturated carbocycles. The summed E-state index contributed by atoms with van der Waals surface area (Å²) >= 11 is 0. The zero-order valence-corrected chi connectivity index (χ0v) is 10.8. The van der Waals surface area contributed by atoms with E-state index in [1.807, 2.05) is 13.1 Å². The maximum Gasteiger partial charge on any atom is 0.341 e. The van der Waals surface area contributed by atoms with Crippen LogP contribution in [0.25, 0.3) is 6.08 Å². The molecule has 0 radical (unpaired) electrons. The number of ether oxygens (including phenoxy) is 1. The average molecular weight is 237 g/mol. The van der Waals surface area contributed by atoms with E-state index in [2.05, 4.69) is 17.0 Å². The number of carbonyl (C=O) groups is 1. The van der Waals surface area contributed by atoms with Crippen molar-refractivity contribution in [2.45, 2.75) is 20.3 Å². The van der Waals surface area contributed by atoms with Crippen LogP contribution in [0.1, 0.15) is 35.2 Å². The Morgan fingerprint density at radius 3 is 2.82 bits per heavy atom. The van der Waals surface area contributed by atoms with Gasteiger partial charge in [-0.2, -0.15) is 0 Å². The molecule has 0 saturated heterocycles. The Hall–Kier alpha value is -1.55. The summed E-state index contributed by atoms with van der Waals surface area (Å²) in [5.41, 5.74) is 1.70. The molecule has 0 spiro atoms. The number of likely N-dealkylation sites (N-methyl/N-ethyl adjacent to an activating group) is 1. The quantitative estimate of drug-likeness (QED) is 0.799. The molecule has 94 valence electrons. The van der Waals surface area contributed by atoms with Gasteiger partial charge < -0.3 is 14.5 Å². The topological polar surface area (TPSA) is 51.5 Å². The summed E-state index contributed by atoms with van der Waals surface area (Å²) in [6.07, 6.45) is 2.89. The van der Waals surface area contributed by atoms with Crippen molar-refractivity contribution in [3.63, 3.8) is 0 Å². The molecule has 0 unspecified atom stereocenters. The normalized spacial score (nSPS) is 11.6. The van der Waals surface area contributed by atoms with Crippen molar-refractivity contribution in [2.24, 2.45) is 0 Å². The Morgan fingerprint density at radius 1 is 1.59 bits per heavy atom. The van der Waals surface area contributed by atoms with Gasteiger partial charge in [0.15, 0.2) is 0 Å². The predicted octanol–water partition coefficient (Wildman–Crippen LogP) is 2.39. The van der Waals surface area contributed by atoms with Crippen LogP contribution in [0.5, 0.6) is 0 Å². The highest BCUT2D eigenvalue weighted by Crippen LogP contribution is 2.18. The minimum atomic E-state index is -0.363. The van der Waals surface area contributed by atoms with E-state index in [1.54, 1.807) is 13.0 Å². The van der Waals surface area contributed by atoms with Gasteiger partial charge in [0.25, 0.3) is 0 Å². The summed E-state index contributed by atoms with van der Waals surface area (Å²) in [5.74, 6) is 0.913. The highest BCUT2D eigenvalue weighted by molar-refractivity contribution is 5.91. The van der Waals surface area contributed by atoms with E-state index >= 15 is 0 Å². The van der Waals surface area contributed by atoms with Gasteiger partial charge >= 0.3 is 5.97 Å². The first-order chi connectivity index (χ1) is 8.12. The van der Waals surface area contributed by atoms with Gasteiger partial charge in [-0.3, -0.25) is 0 Å². The highest BCUT2D eigenvalue weighted by atomic mass is 16.5. The number of methoxy groups -OCH3 is 1. The lowest BCUT2D eigenvalue weighted by atomic mass is 10.1. The Morgan fingerprint density at radius 2 is 2.29 bits per heavy atom. The average Bonchev–Trinajstić information content (AvgIpc) is 2.68. The third-order valence-corrected chi connectivity index (χ3v) is 2.55. The summed E-state index contributed by atoms with van der Waals surface area (Å²) < 4.78 is 10.2. The minimum Gasteiger partial charge on any atom is -0.465 e. The second-order valence-corrected chi connectivity index (χ2v) is 3.80. The maximum absolute atomic E-state index is 11.4. The molecule has 1 aromatic heterocycles. The minimum absolute atomic E-state index is 0.363. The van der Waals surface area contributed by atoms with Gasteiger partial charge in [-0.1, -0.05) is 12.5 Å². The standard InChI is InChI=1S/C13H19NO3/c1-5-10(8-14-3)6-11-7-12(9(2)17-11)13(15)16-4/h6-7,14H,5,8H2,1-4H3. The molecule has 1 aromatic rings. The number of hydrogen-bond donors (Lipinski definition) is 1. The number of hydrogen-bond acceptors (Lipinski definition) is 4. The van der Waals surface area contributed by atoms with E-state index < -0.39 is 0 Å². The molecule has 4 nitrogen and oxygen atoms in total. The lowest BCUT2D eigenvalue weighted by Crippen LogP contribution is -2.09.